The van der Waals surface area contributed by atoms with Gasteiger partial charge in [0.25, 0.3) is 5.91 Å². The standard InChI is InChI=1S/C16H20N4O2S/c1-11-14(23-10-18-11)8-17-15-6-2-5-13(19-15)16(22)20-7-3-4-12(20)9-21/h2,5-6,10,12,21H,3-4,7-9H2,1H3,(H,17,19)/t12-/m1/s1. The third-order valence-corrected chi connectivity index (χ3v) is 5.03. The zero-order valence-corrected chi connectivity index (χ0v) is 13.8. The number of aliphatic hydroxyl groups excluding tert-OH is 1. The summed E-state index contributed by atoms with van der Waals surface area (Å²) in [5.74, 6) is 0.558. The van der Waals surface area contributed by atoms with E-state index in [4.69, 9.17) is 0 Å². The third kappa shape index (κ3) is 3.51. The summed E-state index contributed by atoms with van der Waals surface area (Å²) < 4.78 is 0. The SMILES string of the molecule is Cc1ncsc1CNc1cccc(C(=O)N2CCC[C@@H]2CO)n1. The molecule has 1 atom stereocenters. The second-order valence-electron chi connectivity index (χ2n) is 5.60. The van der Waals surface area contributed by atoms with Crippen molar-refractivity contribution in [2.45, 2.75) is 32.4 Å². The number of carbonyl (C=O) groups excluding carboxylic acids is 1. The zero-order chi connectivity index (χ0) is 16.2. The molecule has 0 spiro atoms. The van der Waals surface area contributed by atoms with Crippen molar-refractivity contribution in [2.75, 3.05) is 18.5 Å². The van der Waals surface area contributed by atoms with Gasteiger partial charge in [-0.25, -0.2) is 9.97 Å². The Balaban J connectivity index is 1.69. The maximum absolute atomic E-state index is 12.6. The number of likely N-dealkylation sites (tertiary alicyclic amines) is 1. The van der Waals surface area contributed by atoms with Gasteiger partial charge in [0.05, 0.1) is 30.4 Å². The number of anilines is 1. The van der Waals surface area contributed by atoms with Crippen LogP contribution in [0.4, 0.5) is 5.82 Å². The summed E-state index contributed by atoms with van der Waals surface area (Å²) in [5, 5.41) is 12.6. The monoisotopic (exact) mass is 332 g/mol. The molecule has 0 bridgehead atoms. The topological polar surface area (TPSA) is 78.4 Å². The second-order valence-corrected chi connectivity index (χ2v) is 6.54. The van der Waals surface area contributed by atoms with E-state index in [1.807, 2.05) is 24.6 Å². The number of hydrogen-bond donors (Lipinski definition) is 2. The highest BCUT2D eigenvalue weighted by Crippen LogP contribution is 2.20. The number of hydrogen-bond acceptors (Lipinski definition) is 6. The van der Waals surface area contributed by atoms with Crippen molar-refractivity contribution in [3.05, 3.63) is 40.0 Å². The summed E-state index contributed by atoms with van der Waals surface area (Å²) in [4.78, 5) is 24.1. The van der Waals surface area contributed by atoms with Crippen LogP contribution < -0.4 is 5.32 Å². The minimum absolute atomic E-state index is 0.00827. The van der Waals surface area contributed by atoms with Crippen LogP contribution in [0.1, 0.15) is 33.9 Å². The van der Waals surface area contributed by atoms with Crippen molar-refractivity contribution in [1.29, 1.82) is 0 Å². The van der Waals surface area contributed by atoms with Crippen LogP contribution in [-0.2, 0) is 6.54 Å². The van der Waals surface area contributed by atoms with Gasteiger partial charge >= 0.3 is 0 Å². The molecule has 2 aromatic rings. The molecule has 0 saturated carbocycles. The molecule has 2 aromatic heterocycles. The van der Waals surface area contributed by atoms with E-state index in [0.29, 0.717) is 24.6 Å². The molecule has 0 radical (unpaired) electrons. The molecule has 1 fully saturated rings. The first-order valence-corrected chi connectivity index (χ1v) is 8.58. The van der Waals surface area contributed by atoms with Crippen LogP contribution in [0.3, 0.4) is 0 Å². The van der Waals surface area contributed by atoms with Crippen LogP contribution in [0.15, 0.2) is 23.7 Å². The molecule has 7 heteroatoms. The van der Waals surface area contributed by atoms with Crippen LogP contribution >= 0.6 is 11.3 Å². The average molecular weight is 332 g/mol. The molecule has 122 valence electrons. The van der Waals surface area contributed by atoms with Gasteiger partial charge in [0.2, 0.25) is 0 Å². The highest BCUT2D eigenvalue weighted by molar-refractivity contribution is 7.09. The molecule has 2 N–H and O–H groups in total. The fourth-order valence-electron chi connectivity index (χ4n) is 2.76. The van der Waals surface area contributed by atoms with E-state index in [-0.39, 0.29) is 18.6 Å². The molecule has 0 aliphatic carbocycles. The van der Waals surface area contributed by atoms with E-state index >= 15 is 0 Å². The molecule has 0 unspecified atom stereocenters. The molecule has 3 rings (SSSR count). The smallest absolute Gasteiger partial charge is 0.272 e. The maximum Gasteiger partial charge on any atom is 0.272 e. The molecule has 1 aliphatic rings. The lowest BCUT2D eigenvalue weighted by atomic mass is 10.2. The minimum Gasteiger partial charge on any atom is -0.394 e. The molecule has 1 aliphatic heterocycles. The van der Waals surface area contributed by atoms with Gasteiger partial charge in [0, 0.05) is 11.4 Å². The number of aliphatic hydroxyl groups is 1. The van der Waals surface area contributed by atoms with Gasteiger partial charge in [-0.3, -0.25) is 4.79 Å². The Bertz CT molecular complexity index is 688. The van der Waals surface area contributed by atoms with Gasteiger partial charge in [-0.2, -0.15) is 0 Å². The first kappa shape index (κ1) is 15.9. The summed E-state index contributed by atoms with van der Waals surface area (Å²) in [7, 11) is 0. The van der Waals surface area contributed by atoms with Gasteiger partial charge in [0.1, 0.15) is 11.5 Å². The van der Waals surface area contributed by atoms with Crippen LogP contribution in [0.2, 0.25) is 0 Å². The van der Waals surface area contributed by atoms with Gasteiger partial charge in [-0.15, -0.1) is 11.3 Å². The Labute approximate surface area is 139 Å². The Morgan fingerprint density at radius 1 is 1.52 bits per heavy atom. The van der Waals surface area contributed by atoms with Gasteiger partial charge in [-0.05, 0) is 31.9 Å². The number of nitrogens with one attached hydrogen (secondary N) is 1. The summed E-state index contributed by atoms with van der Waals surface area (Å²) in [6.45, 7) is 3.31. The Morgan fingerprint density at radius 3 is 3.13 bits per heavy atom. The first-order chi connectivity index (χ1) is 11.2. The van der Waals surface area contributed by atoms with E-state index in [0.717, 1.165) is 23.4 Å². The predicted molar refractivity (Wildman–Crippen MR) is 89.6 cm³/mol. The van der Waals surface area contributed by atoms with Crippen molar-refractivity contribution >= 4 is 23.1 Å². The predicted octanol–water partition coefficient (Wildman–Crippen LogP) is 2.06. The van der Waals surface area contributed by atoms with Crippen molar-refractivity contribution in [3.63, 3.8) is 0 Å². The fourth-order valence-corrected chi connectivity index (χ4v) is 3.48. The molecule has 1 amide bonds. The quantitative estimate of drug-likeness (QED) is 0.876. The molecular formula is C16H20N4O2S. The van der Waals surface area contributed by atoms with Gasteiger partial charge < -0.3 is 15.3 Å². The summed E-state index contributed by atoms with van der Waals surface area (Å²) in [5.41, 5.74) is 3.25. The Morgan fingerprint density at radius 2 is 2.39 bits per heavy atom. The summed E-state index contributed by atoms with van der Waals surface area (Å²) in [6, 6.07) is 5.31. The molecule has 1 saturated heterocycles. The number of aryl methyl sites for hydroxylation is 1. The lowest BCUT2D eigenvalue weighted by Crippen LogP contribution is -2.38. The number of aromatic nitrogens is 2. The molecular weight excluding hydrogens is 312 g/mol. The minimum atomic E-state index is -0.112. The van der Waals surface area contributed by atoms with E-state index < -0.39 is 0 Å². The van der Waals surface area contributed by atoms with Gasteiger partial charge in [0.15, 0.2) is 0 Å². The molecule has 6 nitrogen and oxygen atoms in total. The lowest BCUT2D eigenvalue weighted by molar-refractivity contribution is 0.0672. The molecule has 3 heterocycles. The normalized spacial score (nSPS) is 17.5. The van der Waals surface area contributed by atoms with E-state index in [1.165, 1.54) is 0 Å². The van der Waals surface area contributed by atoms with Crippen LogP contribution in [0, 0.1) is 6.92 Å². The number of nitrogens with zero attached hydrogens (tertiary/aromatic N) is 3. The molecule has 0 aromatic carbocycles. The second kappa shape index (κ2) is 7.06. The highest BCUT2D eigenvalue weighted by Gasteiger charge is 2.29. The summed E-state index contributed by atoms with van der Waals surface area (Å²) >= 11 is 1.60. The highest BCUT2D eigenvalue weighted by atomic mass is 32.1. The number of thiazole rings is 1. The van der Waals surface area contributed by atoms with E-state index in [2.05, 4.69) is 15.3 Å². The summed E-state index contributed by atoms with van der Waals surface area (Å²) in [6.07, 6.45) is 1.78. The van der Waals surface area contributed by atoms with E-state index in [9.17, 15) is 9.90 Å². The Kier molecular flexibility index (Phi) is 4.88. The van der Waals surface area contributed by atoms with Crippen molar-refractivity contribution < 1.29 is 9.90 Å². The molecule has 23 heavy (non-hydrogen) atoms. The van der Waals surface area contributed by atoms with Gasteiger partial charge in [-0.1, -0.05) is 6.07 Å². The third-order valence-electron chi connectivity index (χ3n) is 4.09. The zero-order valence-electron chi connectivity index (χ0n) is 13.0. The Hall–Kier alpha value is -1.99. The lowest BCUT2D eigenvalue weighted by Gasteiger charge is -2.22. The van der Waals surface area contributed by atoms with Crippen LogP contribution in [0.25, 0.3) is 0 Å². The number of carbonyl (C=O) groups is 1. The van der Waals surface area contributed by atoms with E-state index in [1.54, 1.807) is 22.3 Å². The van der Waals surface area contributed by atoms with Crippen molar-refractivity contribution in [1.82, 2.24) is 14.9 Å². The number of amides is 1. The van der Waals surface area contributed by atoms with Crippen molar-refractivity contribution in [3.8, 4) is 0 Å². The fraction of sp³-hybridized carbons (Fsp3) is 0.438. The largest absolute Gasteiger partial charge is 0.394 e. The van der Waals surface area contributed by atoms with Crippen LogP contribution in [0.5, 0.6) is 0 Å². The first-order valence-electron chi connectivity index (χ1n) is 7.70. The van der Waals surface area contributed by atoms with Crippen LogP contribution in [-0.4, -0.2) is 45.1 Å². The number of rotatable bonds is 5. The average Bonchev–Trinajstić information content (AvgIpc) is 3.21. The number of pyridine rings is 1. The van der Waals surface area contributed by atoms with Crippen molar-refractivity contribution in [2.24, 2.45) is 0 Å². The maximum atomic E-state index is 12.6.